The fourth-order valence-corrected chi connectivity index (χ4v) is 5.70. The Hall–Kier alpha value is -3.89. The van der Waals surface area contributed by atoms with E-state index in [1.54, 1.807) is 18.9 Å². The van der Waals surface area contributed by atoms with Crippen LogP contribution in [0.1, 0.15) is 102 Å². The van der Waals surface area contributed by atoms with Gasteiger partial charge in [-0.1, -0.05) is 101 Å². The normalized spacial score (nSPS) is 13.3. The van der Waals surface area contributed by atoms with E-state index >= 15 is 0 Å². The van der Waals surface area contributed by atoms with Crippen molar-refractivity contribution in [3.8, 4) is 11.5 Å². The number of nitrogens with zero attached hydrogens (tertiary/aromatic N) is 3. The van der Waals surface area contributed by atoms with Gasteiger partial charge < -0.3 is 14.4 Å². The van der Waals surface area contributed by atoms with Gasteiger partial charge in [-0.25, -0.2) is 4.90 Å². The molecule has 0 atom stereocenters. The Morgan fingerprint density at radius 2 is 1.59 bits per heavy atom. The third-order valence-electron chi connectivity index (χ3n) is 8.23. The molecule has 2 heterocycles. The van der Waals surface area contributed by atoms with Crippen LogP contribution in [0.25, 0.3) is 0 Å². The minimum absolute atomic E-state index is 0.0171. The molecule has 6 heteroatoms. The maximum atomic E-state index is 12.8. The molecular weight excluding hydrogens is 546 g/mol. The predicted octanol–water partition coefficient (Wildman–Crippen LogP) is 9.31. The molecule has 2 aromatic carbocycles. The number of amidine groups is 1. The minimum Gasteiger partial charge on any atom is -0.493 e. The van der Waals surface area contributed by atoms with Crippen LogP contribution in [0.2, 0.25) is 0 Å². The van der Waals surface area contributed by atoms with E-state index in [-0.39, 0.29) is 5.91 Å². The number of ether oxygens (including phenoxy) is 2. The summed E-state index contributed by atoms with van der Waals surface area (Å²) in [4.78, 5) is 21.2. The summed E-state index contributed by atoms with van der Waals surface area (Å²) in [7, 11) is 1.67. The zero-order valence-corrected chi connectivity index (χ0v) is 27.0. The monoisotopic (exact) mass is 596 g/mol. The summed E-state index contributed by atoms with van der Waals surface area (Å²) in [6.07, 6.45) is 27.5. The highest BCUT2D eigenvalue weighted by atomic mass is 16.5. The van der Waals surface area contributed by atoms with E-state index in [9.17, 15) is 4.79 Å². The van der Waals surface area contributed by atoms with Gasteiger partial charge in [0.25, 0.3) is 0 Å². The van der Waals surface area contributed by atoms with Gasteiger partial charge in [0.2, 0.25) is 17.4 Å². The van der Waals surface area contributed by atoms with Crippen LogP contribution in [-0.2, 0) is 17.8 Å². The predicted molar refractivity (Wildman–Crippen MR) is 181 cm³/mol. The first-order chi connectivity index (χ1) is 21.6. The van der Waals surface area contributed by atoms with E-state index in [1.165, 1.54) is 70.6 Å². The summed E-state index contributed by atoms with van der Waals surface area (Å²) in [6, 6.07) is 14.1. The van der Waals surface area contributed by atoms with E-state index in [0.717, 1.165) is 40.5 Å². The van der Waals surface area contributed by atoms with Crippen LogP contribution in [0.15, 0.2) is 77.6 Å². The summed E-state index contributed by atoms with van der Waals surface area (Å²) < 4.78 is 11.8. The van der Waals surface area contributed by atoms with Crippen molar-refractivity contribution >= 4 is 17.4 Å². The van der Waals surface area contributed by atoms with Crippen molar-refractivity contribution in [1.29, 1.82) is 0 Å². The Labute approximate surface area is 265 Å². The number of hydrogen-bond donors (Lipinski definition) is 0. The minimum atomic E-state index is -0.0171. The van der Waals surface area contributed by atoms with Gasteiger partial charge in [-0.15, -0.1) is 0 Å². The molecule has 0 aromatic heterocycles. The Morgan fingerprint density at radius 3 is 2.30 bits per heavy atom. The highest BCUT2D eigenvalue weighted by Gasteiger charge is 2.28. The molecule has 0 spiro atoms. The maximum Gasteiger partial charge on any atom is 0.247 e. The second kappa shape index (κ2) is 18.0. The lowest BCUT2D eigenvalue weighted by atomic mass is 10.1. The van der Waals surface area contributed by atoms with Crippen LogP contribution < -0.4 is 14.4 Å². The molecule has 6 nitrogen and oxygen atoms in total. The Balaban J connectivity index is 1.25. The van der Waals surface area contributed by atoms with Crippen molar-refractivity contribution in [3.63, 3.8) is 0 Å². The van der Waals surface area contributed by atoms with Crippen LogP contribution in [0, 0.1) is 6.20 Å². The number of amides is 1. The van der Waals surface area contributed by atoms with E-state index in [2.05, 4.69) is 30.2 Å². The largest absolute Gasteiger partial charge is 0.493 e. The molecule has 0 radical (unpaired) electrons. The SMILES string of the molecule is CCCCCCCCCCCCCCOc1cc(CN(C(C)=O)c2cccc(CC3=N[C+]=C4C=CC=CN43)c2)ccc1OC. The number of unbranched alkanes of at least 4 members (excludes halogenated alkanes) is 11. The van der Waals surface area contributed by atoms with Crippen LogP contribution in [0.4, 0.5) is 5.69 Å². The summed E-state index contributed by atoms with van der Waals surface area (Å²) in [5.41, 5.74) is 3.87. The lowest BCUT2D eigenvalue weighted by Gasteiger charge is -2.23. The highest BCUT2D eigenvalue weighted by molar-refractivity contribution is 5.92. The zero-order chi connectivity index (χ0) is 31.0. The van der Waals surface area contributed by atoms with E-state index in [4.69, 9.17) is 9.47 Å². The summed E-state index contributed by atoms with van der Waals surface area (Å²) in [6.45, 7) is 4.99. The van der Waals surface area contributed by atoms with E-state index in [1.807, 2.05) is 59.7 Å². The fraction of sp³-hybridized carbons (Fsp3) is 0.474. The van der Waals surface area contributed by atoms with Gasteiger partial charge in [0, 0.05) is 18.8 Å². The molecule has 0 aliphatic carbocycles. The van der Waals surface area contributed by atoms with Crippen LogP contribution in [-0.4, -0.2) is 30.4 Å². The van der Waals surface area contributed by atoms with Gasteiger partial charge in [-0.3, -0.25) is 4.79 Å². The first kappa shape index (κ1) is 33.0. The molecule has 0 N–H and O–H groups in total. The topological polar surface area (TPSA) is 54.4 Å². The van der Waals surface area contributed by atoms with Gasteiger partial charge in [-0.2, -0.15) is 0 Å². The van der Waals surface area contributed by atoms with E-state index in [0.29, 0.717) is 25.3 Å². The second-order valence-electron chi connectivity index (χ2n) is 11.8. The summed E-state index contributed by atoms with van der Waals surface area (Å²) >= 11 is 0. The Bertz CT molecular complexity index is 1330. The Morgan fingerprint density at radius 1 is 0.864 bits per heavy atom. The number of methoxy groups -OCH3 is 1. The van der Waals surface area contributed by atoms with Crippen molar-refractivity contribution in [3.05, 3.63) is 89.9 Å². The number of carbonyl (C=O) groups is 1. The first-order valence-electron chi connectivity index (χ1n) is 16.6. The molecule has 4 rings (SSSR count). The average molecular weight is 597 g/mol. The highest BCUT2D eigenvalue weighted by Crippen LogP contribution is 2.30. The van der Waals surface area contributed by atoms with Gasteiger partial charge in [0.05, 0.1) is 32.8 Å². The molecule has 234 valence electrons. The number of fused-ring (bicyclic) bond motifs is 1. The molecule has 44 heavy (non-hydrogen) atoms. The van der Waals surface area contributed by atoms with Crippen LogP contribution in [0.3, 0.4) is 0 Å². The molecule has 0 unspecified atom stereocenters. The summed E-state index contributed by atoms with van der Waals surface area (Å²) in [5, 5.41) is 0. The van der Waals surface area contributed by atoms with Crippen molar-refractivity contribution in [2.75, 3.05) is 18.6 Å². The molecule has 0 saturated heterocycles. The quantitative estimate of drug-likeness (QED) is 0.113. The molecular formula is C38H50N3O3+. The van der Waals surface area contributed by atoms with E-state index < -0.39 is 0 Å². The van der Waals surface area contributed by atoms with Crippen LogP contribution >= 0.6 is 0 Å². The maximum absolute atomic E-state index is 12.8. The molecule has 0 bridgehead atoms. The lowest BCUT2D eigenvalue weighted by Crippen LogP contribution is -2.28. The number of allylic oxidation sites excluding steroid dienone is 3. The molecule has 0 saturated carbocycles. The number of hydrogen-bond acceptors (Lipinski definition) is 5. The molecule has 0 fully saturated rings. The number of rotatable bonds is 20. The van der Waals surface area contributed by atoms with Crippen molar-refractivity contribution in [1.82, 2.24) is 4.90 Å². The molecule has 1 amide bonds. The standard InChI is InChI=1S/C38H50N3O3/c1-4-5-6-7-8-9-10-11-12-13-14-17-25-44-37-27-33(22-23-36(37)43-3)30-41(31(2)42)34-21-18-19-32(26-34)28-38-39-29-35-20-15-16-24-40(35)38/h15-16,18-24,26-27H,4-14,17,25,28,30H2,1-3H3/q+1. The molecule has 2 aliphatic rings. The number of benzene rings is 2. The number of anilines is 1. The van der Waals surface area contributed by atoms with Crippen LogP contribution in [0.5, 0.6) is 11.5 Å². The molecule has 2 aliphatic heterocycles. The average Bonchev–Trinajstić information content (AvgIpc) is 3.44. The van der Waals surface area contributed by atoms with Gasteiger partial charge in [0.15, 0.2) is 17.7 Å². The Kier molecular flexibility index (Phi) is 13.5. The second-order valence-corrected chi connectivity index (χ2v) is 11.8. The smallest absolute Gasteiger partial charge is 0.247 e. The first-order valence-corrected chi connectivity index (χ1v) is 16.6. The third kappa shape index (κ3) is 10.1. The van der Waals surface area contributed by atoms with Gasteiger partial charge in [-0.05, 0) is 54.0 Å². The lowest BCUT2D eigenvalue weighted by molar-refractivity contribution is -0.116. The van der Waals surface area contributed by atoms with Crippen molar-refractivity contribution in [2.24, 2.45) is 4.99 Å². The van der Waals surface area contributed by atoms with Crippen molar-refractivity contribution in [2.45, 2.75) is 104 Å². The van der Waals surface area contributed by atoms with Gasteiger partial charge >= 0.3 is 0 Å². The number of aliphatic imine (C=N–C) groups is 1. The summed E-state index contributed by atoms with van der Waals surface area (Å²) in [5.74, 6) is 2.34. The molecule has 2 aromatic rings. The zero-order valence-electron chi connectivity index (χ0n) is 27.0. The number of carbonyl (C=O) groups excluding carboxylic acids is 1. The third-order valence-corrected chi connectivity index (χ3v) is 8.23. The van der Waals surface area contributed by atoms with Gasteiger partial charge in [0.1, 0.15) is 0 Å². The fourth-order valence-electron chi connectivity index (χ4n) is 5.70. The van der Waals surface area contributed by atoms with Crippen molar-refractivity contribution < 1.29 is 14.3 Å².